The van der Waals surface area contributed by atoms with Crippen LogP contribution in [0.1, 0.15) is 12.1 Å². The largest absolute Gasteiger partial charge is 0.385 e. The molecule has 1 rings (SSSR count). The summed E-state index contributed by atoms with van der Waals surface area (Å²) in [5.74, 6) is 0. The van der Waals surface area contributed by atoms with E-state index in [9.17, 15) is 0 Å². The lowest BCUT2D eigenvalue weighted by molar-refractivity contribution is 0.195. The number of aromatic nitrogens is 1. The van der Waals surface area contributed by atoms with Crippen LogP contribution in [0.3, 0.4) is 0 Å². The number of hydrogen-bond donors (Lipinski definition) is 2. The van der Waals surface area contributed by atoms with Gasteiger partial charge in [-0.05, 0) is 18.6 Å². The van der Waals surface area contributed by atoms with Gasteiger partial charge in [-0.2, -0.15) is 0 Å². The second-order valence-electron chi connectivity index (χ2n) is 2.94. The topological polar surface area (TPSA) is 46.2 Å². The fourth-order valence-electron chi connectivity index (χ4n) is 0.977. The summed E-state index contributed by atoms with van der Waals surface area (Å²) in [5, 5.41) is 8.85. The van der Waals surface area contributed by atoms with Crippen LogP contribution in [0.5, 0.6) is 0 Å². The van der Waals surface area contributed by atoms with Crippen molar-refractivity contribution in [3.63, 3.8) is 0 Å². The molecule has 0 spiro atoms. The molecule has 0 atom stereocenters. The average molecular weight is 245 g/mol. The van der Waals surface area contributed by atoms with E-state index in [4.69, 9.17) is 17.0 Å². The van der Waals surface area contributed by atoms with E-state index in [1.807, 2.05) is 10.9 Å². The van der Waals surface area contributed by atoms with Crippen molar-refractivity contribution in [3.05, 3.63) is 16.6 Å². The van der Waals surface area contributed by atoms with Gasteiger partial charge in [0.15, 0.2) is 5.11 Å². The van der Waals surface area contributed by atoms with Crippen molar-refractivity contribution in [3.8, 4) is 0 Å². The van der Waals surface area contributed by atoms with Crippen molar-refractivity contribution < 1.29 is 4.74 Å². The summed E-state index contributed by atoms with van der Waals surface area (Å²) in [6, 6.07) is 0. The van der Waals surface area contributed by atoms with Gasteiger partial charge in [-0.25, -0.2) is 4.98 Å². The zero-order chi connectivity index (χ0) is 10.9. The van der Waals surface area contributed by atoms with Gasteiger partial charge in [-0.3, -0.25) is 0 Å². The number of nitrogens with one attached hydrogen (secondary N) is 2. The third-order valence-electron chi connectivity index (χ3n) is 1.72. The van der Waals surface area contributed by atoms with E-state index in [2.05, 4.69) is 15.6 Å². The van der Waals surface area contributed by atoms with E-state index in [0.717, 1.165) is 25.3 Å². The SMILES string of the molecule is COCCCNC(=S)NCc1cscn1. The van der Waals surface area contributed by atoms with Crippen LogP contribution in [0.2, 0.25) is 0 Å². The van der Waals surface area contributed by atoms with Gasteiger partial charge in [0.2, 0.25) is 0 Å². The first-order chi connectivity index (χ1) is 7.33. The molecule has 0 saturated heterocycles. The van der Waals surface area contributed by atoms with Crippen LogP contribution in [0.15, 0.2) is 10.9 Å². The van der Waals surface area contributed by atoms with Crippen LogP contribution < -0.4 is 10.6 Å². The summed E-state index contributed by atoms with van der Waals surface area (Å²) in [6.07, 6.45) is 0.953. The Hall–Kier alpha value is -0.720. The van der Waals surface area contributed by atoms with Gasteiger partial charge >= 0.3 is 0 Å². The molecule has 0 aliphatic rings. The molecule has 0 aliphatic carbocycles. The lowest BCUT2D eigenvalue weighted by Crippen LogP contribution is -2.35. The van der Waals surface area contributed by atoms with Crippen molar-refractivity contribution in [1.29, 1.82) is 0 Å². The molecule has 0 aliphatic heterocycles. The maximum absolute atomic E-state index is 5.09. The monoisotopic (exact) mass is 245 g/mol. The third kappa shape index (κ3) is 5.66. The molecular formula is C9H15N3OS2. The van der Waals surface area contributed by atoms with E-state index < -0.39 is 0 Å². The molecule has 0 aromatic carbocycles. The molecule has 0 amide bonds. The van der Waals surface area contributed by atoms with Crippen LogP contribution in [0.4, 0.5) is 0 Å². The van der Waals surface area contributed by atoms with E-state index in [1.165, 1.54) is 0 Å². The second-order valence-corrected chi connectivity index (χ2v) is 4.06. The maximum atomic E-state index is 5.09. The average Bonchev–Trinajstić information content (AvgIpc) is 2.74. The Bertz CT molecular complexity index is 277. The summed E-state index contributed by atoms with van der Waals surface area (Å²) in [4.78, 5) is 4.15. The predicted octanol–water partition coefficient (Wildman–Crippen LogP) is 1.14. The van der Waals surface area contributed by atoms with Crippen LogP contribution in [-0.2, 0) is 11.3 Å². The summed E-state index contributed by atoms with van der Waals surface area (Å²) in [7, 11) is 1.69. The molecule has 0 fully saturated rings. The Morgan fingerprint density at radius 2 is 2.47 bits per heavy atom. The molecule has 0 saturated carbocycles. The number of thiocarbonyl (C=S) groups is 1. The summed E-state index contributed by atoms with van der Waals surface area (Å²) in [6.45, 7) is 2.26. The minimum Gasteiger partial charge on any atom is -0.385 e. The Labute approximate surface area is 99.1 Å². The van der Waals surface area contributed by atoms with Crippen LogP contribution in [0.25, 0.3) is 0 Å². The molecule has 15 heavy (non-hydrogen) atoms. The van der Waals surface area contributed by atoms with E-state index in [1.54, 1.807) is 18.4 Å². The second kappa shape index (κ2) is 7.56. The fourth-order valence-corrected chi connectivity index (χ4v) is 1.71. The van der Waals surface area contributed by atoms with Crippen LogP contribution >= 0.6 is 23.6 Å². The highest BCUT2D eigenvalue weighted by Crippen LogP contribution is 1.99. The van der Waals surface area contributed by atoms with Gasteiger partial charge in [0.1, 0.15) is 0 Å². The highest BCUT2D eigenvalue weighted by atomic mass is 32.1. The number of hydrogen-bond acceptors (Lipinski definition) is 4. The third-order valence-corrected chi connectivity index (χ3v) is 2.65. The van der Waals surface area contributed by atoms with Crippen LogP contribution in [-0.4, -0.2) is 30.4 Å². The molecule has 1 heterocycles. The molecule has 84 valence electrons. The smallest absolute Gasteiger partial charge is 0.166 e. The fraction of sp³-hybridized carbons (Fsp3) is 0.556. The number of rotatable bonds is 6. The molecule has 0 radical (unpaired) electrons. The first-order valence-corrected chi connectivity index (χ1v) is 6.05. The minimum absolute atomic E-state index is 0.666. The highest BCUT2D eigenvalue weighted by molar-refractivity contribution is 7.80. The van der Waals surface area contributed by atoms with Crippen molar-refractivity contribution in [2.24, 2.45) is 0 Å². The van der Waals surface area contributed by atoms with E-state index >= 15 is 0 Å². The molecule has 1 aromatic rings. The quantitative estimate of drug-likeness (QED) is 0.581. The van der Waals surface area contributed by atoms with Gasteiger partial charge in [0.25, 0.3) is 0 Å². The van der Waals surface area contributed by atoms with Crippen LogP contribution in [0, 0.1) is 0 Å². The van der Waals surface area contributed by atoms with Gasteiger partial charge in [-0.15, -0.1) is 11.3 Å². The summed E-state index contributed by atoms with van der Waals surface area (Å²) < 4.78 is 4.93. The Morgan fingerprint density at radius 1 is 1.60 bits per heavy atom. The van der Waals surface area contributed by atoms with E-state index in [-0.39, 0.29) is 0 Å². The van der Waals surface area contributed by atoms with Crippen molar-refractivity contribution >= 4 is 28.7 Å². The Balaban J connectivity index is 2.04. The van der Waals surface area contributed by atoms with Crippen molar-refractivity contribution in [1.82, 2.24) is 15.6 Å². The molecule has 0 unspecified atom stereocenters. The molecular weight excluding hydrogens is 230 g/mol. The minimum atomic E-state index is 0.666. The summed E-state index contributed by atoms with van der Waals surface area (Å²) in [5.41, 5.74) is 2.83. The molecule has 4 nitrogen and oxygen atoms in total. The van der Waals surface area contributed by atoms with Gasteiger partial charge in [-0.1, -0.05) is 0 Å². The Kier molecular flexibility index (Phi) is 6.22. The first-order valence-electron chi connectivity index (χ1n) is 4.70. The zero-order valence-electron chi connectivity index (χ0n) is 8.66. The lowest BCUT2D eigenvalue weighted by atomic mass is 10.4. The lowest BCUT2D eigenvalue weighted by Gasteiger charge is -2.08. The number of methoxy groups -OCH3 is 1. The normalized spacial score (nSPS) is 9.93. The first kappa shape index (κ1) is 12.4. The number of thiazole rings is 1. The van der Waals surface area contributed by atoms with Gasteiger partial charge in [0, 0.05) is 25.6 Å². The Morgan fingerprint density at radius 3 is 3.13 bits per heavy atom. The molecule has 6 heteroatoms. The van der Waals surface area contributed by atoms with Crippen molar-refractivity contribution in [2.75, 3.05) is 20.3 Å². The number of ether oxygens (including phenoxy) is 1. The van der Waals surface area contributed by atoms with Gasteiger partial charge in [0.05, 0.1) is 17.7 Å². The number of nitrogens with zero attached hydrogens (tertiary/aromatic N) is 1. The van der Waals surface area contributed by atoms with Crippen molar-refractivity contribution in [2.45, 2.75) is 13.0 Å². The zero-order valence-corrected chi connectivity index (χ0v) is 10.3. The summed E-state index contributed by atoms with van der Waals surface area (Å²) >= 11 is 6.67. The standard InChI is InChI=1S/C9H15N3OS2/c1-13-4-2-3-10-9(14)11-5-8-6-15-7-12-8/h6-7H,2-5H2,1H3,(H2,10,11,14). The molecule has 2 N–H and O–H groups in total. The van der Waals surface area contributed by atoms with Gasteiger partial charge < -0.3 is 15.4 Å². The predicted molar refractivity (Wildman–Crippen MR) is 66.0 cm³/mol. The van der Waals surface area contributed by atoms with E-state index in [0.29, 0.717) is 11.7 Å². The molecule has 0 bridgehead atoms. The molecule has 1 aromatic heterocycles. The highest BCUT2D eigenvalue weighted by Gasteiger charge is 1.97. The maximum Gasteiger partial charge on any atom is 0.166 e.